The summed E-state index contributed by atoms with van der Waals surface area (Å²) in [6.07, 6.45) is 3.40. The maximum absolute atomic E-state index is 15.1. The van der Waals surface area contributed by atoms with Gasteiger partial charge in [-0.05, 0) is 53.6 Å². The number of fused-ring (bicyclic) bond motifs is 6. The van der Waals surface area contributed by atoms with Crippen LogP contribution in [0, 0.1) is 0 Å². The third-order valence-electron chi connectivity index (χ3n) is 7.43. The van der Waals surface area contributed by atoms with E-state index in [9.17, 15) is 0 Å². The van der Waals surface area contributed by atoms with Crippen molar-refractivity contribution in [3.8, 4) is 28.6 Å². The van der Waals surface area contributed by atoms with Crippen LogP contribution in [-0.4, -0.2) is 19.5 Å². The normalized spacial score (nSPS) is 15.7. The minimum absolute atomic E-state index is 0.447. The highest BCUT2D eigenvalue weighted by molar-refractivity contribution is 7.86. The number of rotatable bonds is 4. The van der Waals surface area contributed by atoms with Crippen LogP contribution in [-0.2, 0) is 4.57 Å². The molecule has 7 aromatic rings. The van der Waals surface area contributed by atoms with E-state index in [-0.39, 0.29) is 0 Å². The third kappa shape index (κ3) is 3.30. The molecule has 1 aliphatic heterocycles. The molecule has 0 saturated heterocycles. The van der Waals surface area contributed by atoms with Gasteiger partial charge in [0.1, 0.15) is 11.1 Å². The molecule has 0 saturated carbocycles. The van der Waals surface area contributed by atoms with Crippen LogP contribution in [0.1, 0.15) is 0 Å². The number of hydrogen-bond donors (Lipinski definition) is 0. The summed E-state index contributed by atoms with van der Waals surface area (Å²) in [5, 5.41) is 3.69. The molecule has 0 radical (unpaired) electrons. The van der Waals surface area contributed by atoms with Gasteiger partial charge in [-0.3, -0.25) is 9.55 Å². The van der Waals surface area contributed by atoms with Gasteiger partial charge in [-0.1, -0.05) is 60.7 Å². The van der Waals surface area contributed by atoms with Crippen molar-refractivity contribution >= 4 is 45.1 Å². The van der Waals surface area contributed by atoms with Gasteiger partial charge in [0.05, 0.1) is 5.52 Å². The summed E-state index contributed by atoms with van der Waals surface area (Å²) in [6.45, 7) is 0. The van der Waals surface area contributed by atoms with E-state index in [4.69, 9.17) is 9.72 Å². The summed E-state index contributed by atoms with van der Waals surface area (Å²) in [5.41, 5.74) is 5.17. The first-order valence-corrected chi connectivity index (χ1v) is 14.7. The molecule has 4 aromatic heterocycles. The zero-order valence-corrected chi connectivity index (χ0v) is 22.1. The minimum Gasteiger partial charge on any atom is -0.421 e. The summed E-state index contributed by atoms with van der Waals surface area (Å²) in [7, 11) is -3.19. The van der Waals surface area contributed by atoms with E-state index >= 15 is 4.57 Å². The molecule has 8 rings (SSSR count). The molecular weight excluding hydrogens is 515 g/mol. The van der Waals surface area contributed by atoms with Crippen molar-refractivity contribution in [3.63, 3.8) is 0 Å². The molecular formula is C33H21N4O2P. The fourth-order valence-corrected chi connectivity index (χ4v) is 8.65. The molecule has 5 heterocycles. The Bertz CT molecular complexity index is 2120. The fraction of sp³-hybridized carbons (Fsp3) is 0. The lowest BCUT2D eigenvalue weighted by Gasteiger charge is -2.16. The van der Waals surface area contributed by atoms with Crippen molar-refractivity contribution in [1.29, 1.82) is 0 Å². The van der Waals surface area contributed by atoms with Crippen LogP contribution >= 0.6 is 7.14 Å². The third-order valence-corrected chi connectivity index (χ3v) is 10.5. The van der Waals surface area contributed by atoms with Gasteiger partial charge in [0, 0.05) is 51.6 Å². The molecule has 0 bridgehead atoms. The minimum atomic E-state index is -3.19. The van der Waals surface area contributed by atoms with Crippen LogP contribution in [0.2, 0.25) is 0 Å². The Labute approximate surface area is 229 Å². The van der Waals surface area contributed by atoms with Gasteiger partial charge in [0.2, 0.25) is 11.8 Å². The van der Waals surface area contributed by atoms with Crippen LogP contribution in [0.4, 0.5) is 0 Å². The van der Waals surface area contributed by atoms with Gasteiger partial charge in [-0.15, -0.1) is 0 Å². The largest absolute Gasteiger partial charge is 0.421 e. The van der Waals surface area contributed by atoms with Crippen molar-refractivity contribution in [2.24, 2.45) is 0 Å². The maximum Gasteiger partial charge on any atom is 0.223 e. The smallest absolute Gasteiger partial charge is 0.223 e. The average molecular weight is 537 g/mol. The van der Waals surface area contributed by atoms with E-state index in [0.29, 0.717) is 17.2 Å². The lowest BCUT2D eigenvalue weighted by atomic mass is 10.1. The van der Waals surface area contributed by atoms with Crippen LogP contribution < -0.4 is 20.8 Å². The molecule has 1 unspecified atom stereocenters. The number of aromatic nitrogens is 4. The van der Waals surface area contributed by atoms with Gasteiger partial charge < -0.3 is 9.30 Å². The highest BCUT2D eigenvalue weighted by atomic mass is 31.2. The standard InChI is InChI=1S/C33H21N4O2P/c38-40(32-14-6-8-20-35-32)28-12-4-2-10-24(28)25-16-15-22(21-29(25)40)37-27-11-3-1-9-23(27)26-17-18-31(36-33(26)37)39-30-13-5-7-19-34-30/h1-21H. The molecule has 6 nitrogen and oxygen atoms in total. The highest BCUT2D eigenvalue weighted by Gasteiger charge is 2.41. The number of nitrogens with zero attached hydrogens (tertiary/aromatic N) is 4. The molecule has 0 fully saturated rings. The Morgan fingerprint density at radius 1 is 0.625 bits per heavy atom. The number of pyridine rings is 3. The molecule has 3 aromatic carbocycles. The Balaban J connectivity index is 1.37. The SMILES string of the molecule is O=P1(c2ccccn2)c2ccccc2-c2ccc(-n3c4ccccc4c4ccc(Oc5ccccn5)nc43)cc21. The van der Waals surface area contributed by atoms with Gasteiger partial charge in [0.15, 0.2) is 7.14 Å². The van der Waals surface area contributed by atoms with Crippen molar-refractivity contribution in [3.05, 3.63) is 128 Å². The first kappa shape index (κ1) is 22.9. The molecule has 0 aliphatic carbocycles. The first-order valence-electron chi connectivity index (χ1n) is 13.0. The Morgan fingerprint density at radius 2 is 1.40 bits per heavy atom. The van der Waals surface area contributed by atoms with Crippen molar-refractivity contribution in [2.45, 2.75) is 0 Å². The second kappa shape index (κ2) is 8.73. The summed E-state index contributed by atoms with van der Waals surface area (Å²) in [6, 6.07) is 37.4. The number of para-hydroxylation sites is 1. The molecule has 190 valence electrons. The number of ether oxygens (including phenoxy) is 1. The average Bonchev–Trinajstić information content (AvgIpc) is 3.48. The number of benzene rings is 3. The molecule has 40 heavy (non-hydrogen) atoms. The van der Waals surface area contributed by atoms with Crippen molar-refractivity contribution < 1.29 is 9.30 Å². The van der Waals surface area contributed by atoms with E-state index in [0.717, 1.165) is 49.4 Å². The highest BCUT2D eigenvalue weighted by Crippen LogP contribution is 2.52. The molecule has 0 amide bonds. The van der Waals surface area contributed by atoms with Crippen LogP contribution in [0.3, 0.4) is 0 Å². The van der Waals surface area contributed by atoms with E-state index in [1.165, 1.54) is 0 Å². The maximum atomic E-state index is 15.1. The summed E-state index contributed by atoms with van der Waals surface area (Å²) < 4.78 is 23.2. The van der Waals surface area contributed by atoms with E-state index in [1.54, 1.807) is 18.5 Å². The molecule has 7 heteroatoms. The Hall–Kier alpha value is -5.06. The lowest BCUT2D eigenvalue weighted by molar-refractivity contribution is 0.446. The zero-order valence-electron chi connectivity index (χ0n) is 21.2. The lowest BCUT2D eigenvalue weighted by Crippen LogP contribution is -2.23. The van der Waals surface area contributed by atoms with Gasteiger partial charge in [-0.25, -0.2) is 4.98 Å². The number of hydrogen-bond acceptors (Lipinski definition) is 5. The van der Waals surface area contributed by atoms with Gasteiger partial charge >= 0.3 is 0 Å². The van der Waals surface area contributed by atoms with Crippen molar-refractivity contribution in [2.75, 3.05) is 0 Å². The molecule has 0 spiro atoms. The van der Waals surface area contributed by atoms with E-state index in [1.807, 2.05) is 84.9 Å². The Kier molecular flexibility index (Phi) is 5.00. The summed E-state index contributed by atoms with van der Waals surface area (Å²) in [5.74, 6) is 0.923. The van der Waals surface area contributed by atoms with Crippen molar-refractivity contribution in [1.82, 2.24) is 19.5 Å². The van der Waals surface area contributed by atoms with Gasteiger partial charge in [-0.2, -0.15) is 4.98 Å². The van der Waals surface area contributed by atoms with E-state index < -0.39 is 7.14 Å². The monoisotopic (exact) mass is 536 g/mol. The predicted molar refractivity (Wildman–Crippen MR) is 159 cm³/mol. The van der Waals surface area contributed by atoms with Crippen LogP contribution in [0.5, 0.6) is 11.8 Å². The zero-order chi connectivity index (χ0) is 26.7. The van der Waals surface area contributed by atoms with E-state index in [2.05, 4.69) is 38.8 Å². The topological polar surface area (TPSA) is 69.9 Å². The summed E-state index contributed by atoms with van der Waals surface area (Å²) in [4.78, 5) is 13.8. The second-order valence-electron chi connectivity index (χ2n) is 9.66. The first-order chi connectivity index (χ1) is 19.7. The predicted octanol–water partition coefficient (Wildman–Crippen LogP) is 6.38. The summed E-state index contributed by atoms with van der Waals surface area (Å²) >= 11 is 0. The van der Waals surface area contributed by atoms with Crippen LogP contribution in [0.25, 0.3) is 38.8 Å². The van der Waals surface area contributed by atoms with Crippen LogP contribution in [0.15, 0.2) is 128 Å². The molecule has 1 atom stereocenters. The van der Waals surface area contributed by atoms with Gasteiger partial charge in [0.25, 0.3) is 0 Å². The molecule has 0 N–H and O–H groups in total. The molecule has 1 aliphatic rings. The quantitative estimate of drug-likeness (QED) is 0.244. The fourth-order valence-electron chi connectivity index (χ4n) is 5.69. The second-order valence-corrected chi connectivity index (χ2v) is 12.3. The Morgan fingerprint density at radius 3 is 2.25 bits per heavy atom.